The van der Waals surface area contributed by atoms with Crippen molar-refractivity contribution >= 4 is 23.5 Å². The van der Waals surface area contributed by atoms with Crippen LogP contribution in [0.15, 0.2) is 29.2 Å². The average Bonchev–Trinajstić information content (AvgIpc) is 2.77. The van der Waals surface area contributed by atoms with E-state index in [0.717, 1.165) is 6.54 Å². The van der Waals surface area contributed by atoms with E-state index in [-0.39, 0.29) is 0 Å². The minimum atomic E-state index is 0.580. The molecule has 0 aromatic heterocycles. The summed E-state index contributed by atoms with van der Waals surface area (Å²) in [5.41, 5.74) is 1.50. The van der Waals surface area contributed by atoms with E-state index in [0.29, 0.717) is 6.04 Å². The van der Waals surface area contributed by atoms with Gasteiger partial charge < -0.3 is 5.32 Å². The molecule has 0 fully saturated rings. The Balaban J connectivity index is 1.68. The molecule has 0 saturated carbocycles. The van der Waals surface area contributed by atoms with Crippen LogP contribution in [0, 0.1) is 0 Å². The second-order valence-electron chi connectivity index (χ2n) is 4.41. The lowest BCUT2D eigenvalue weighted by atomic mass is 10.1. The normalized spacial score (nSPS) is 18.3. The molecule has 2 rings (SSSR count). The van der Waals surface area contributed by atoms with E-state index < -0.39 is 0 Å². The Hall–Kier alpha value is -0.120. The predicted molar refractivity (Wildman–Crippen MR) is 80.1 cm³/mol. The molecule has 1 nitrogen and oxygen atoms in total. The second kappa shape index (κ2) is 7.34. The fraction of sp³-hybridized carbons (Fsp3) is 0.571. The molecule has 1 N–H and O–H groups in total. The molecule has 1 atom stereocenters. The van der Waals surface area contributed by atoms with Crippen LogP contribution >= 0.6 is 23.5 Å². The zero-order chi connectivity index (χ0) is 11.9. The van der Waals surface area contributed by atoms with Crippen molar-refractivity contribution in [2.75, 3.05) is 24.3 Å². The van der Waals surface area contributed by atoms with Gasteiger partial charge in [-0.05, 0) is 43.0 Å². The average molecular weight is 267 g/mol. The minimum absolute atomic E-state index is 0.580. The molecule has 1 aliphatic rings. The largest absolute Gasteiger partial charge is 0.309 e. The first kappa shape index (κ1) is 13.3. The first-order chi connectivity index (χ1) is 8.42. The molecule has 94 valence electrons. The Bertz CT molecular complexity index is 341. The maximum atomic E-state index is 3.69. The number of hydrogen-bond donors (Lipinski definition) is 1. The van der Waals surface area contributed by atoms with Gasteiger partial charge in [-0.15, -0.1) is 11.8 Å². The van der Waals surface area contributed by atoms with Gasteiger partial charge in [0.05, 0.1) is 0 Å². The molecule has 0 aliphatic carbocycles. The summed E-state index contributed by atoms with van der Waals surface area (Å²) >= 11 is 3.93. The van der Waals surface area contributed by atoms with E-state index in [2.05, 4.69) is 35.8 Å². The van der Waals surface area contributed by atoms with Gasteiger partial charge in [-0.3, -0.25) is 0 Å². The zero-order valence-corrected chi connectivity index (χ0v) is 12.1. The molecule has 1 unspecified atom stereocenters. The molecule has 1 aromatic rings. The lowest BCUT2D eigenvalue weighted by molar-refractivity contribution is 0.551. The molecule has 1 aliphatic heterocycles. The molecule has 0 spiro atoms. The number of hydrogen-bond acceptors (Lipinski definition) is 3. The summed E-state index contributed by atoms with van der Waals surface area (Å²) in [4.78, 5) is 1.47. The van der Waals surface area contributed by atoms with Gasteiger partial charge in [0.1, 0.15) is 0 Å². The predicted octanol–water partition coefficient (Wildman–Crippen LogP) is 3.96. The summed E-state index contributed by atoms with van der Waals surface area (Å²) in [6.45, 7) is 1.16. The van der Waals surface area contributed by atoms with E-state index in [1.54, 1.807) is 0 Å². The third-order valence-electron chi connectivity index (χ3n) is 3.12. The lowest BCUT2D eigenvalue weighted by Crippen LogP contribution is -2.22. The van der Waals surface area contributed by atoms with Crippen molar-refractivity contribution in [3.8, 4) is 0 Å². The summed E-state index contributed by atoms with van der Waals surface area (Å²) < 4.78 is 0. The third kappa shape index (κ3) is 3.94. The zero-order valence-electron chi connectivity index (χ0n) is 10.4. The summed E-state index contributed by atoms with van der Waals surface area (Å²) in [6, 6.07) is 9.37. The highest BCUT2D eigenvalue weighted by Crippen LogP contribution is 2.37. The second-order valence-corrected chi connectivity index (χ2v) is 6.46. The van der Waals surface area contributed by atoms with Gasteiger partial charge in [0.15, 0.2) is 0 Å². The third-order valence-corrected chi connectivity index (χ3v) is 5.00. The standard InChI is InChI=1S/C14H21NS2/c1-16-10-6-2-5-9-15-13-11-17-14-8-4-3-7-12(13)14/h3-4,7-8,13,15H,2,5-6,9-11H2,1H3. The van der Waals surface area contributed by atoms with Crippen molar-refractivity contribution in [1.82, 2.24) is 5.32 Å². The Morgan fingerprint density at radius 3 is 3.06 bits per heavy atom. The van der Waals surface area contributed by atoms with E-state index in [4.69, 9.17) is 0 Å². The van der Waals surface area contributed by atoms with E-state index in [1.807, 2.05) is 23.5 Å². The number of unbranched alkanes of at least 4 members (excludes halogenated alkanes) is 2. The van der Waals surface area contributed by atoms with E-state index in [1.165, 1.54) is 41.2 Å². The summed E-state index contributed by atoms with van der Waals surface area (Å²) in [5.74, 6) is 2.51. The molecule has 0 radical (unpaired) electrons. The summed E-state index contributed by atoms with van der Waals surface area (Å²) in [5, 5.41) is 3.69. The fourth-order valence-electron chi connectivity index (χ4n) is 2.16. The summed E-state index contributed by atoms with van der Waals surface area (Å²) in [7, 11) is 0. The van der Waals surface area contributed by atoms with Crippen LogP contribution in [0.4, 0.5) is 0 Å². The van der Waals surface area contributed by atoms with Gasteiger partial charge in [0.25, 0.3) is 0 Å². The van der Waals surface area contributed by atoms with Crippen LogP contribution in [0.25, 0.3) is 0 Å². The minimum Gasteiger partial charge on any atom is -0.309 e. The van der Waals surface area contributed by atoms with Crippen molar-refractivity contribution < 1.29 is 0 Å². The van der Waals surface area contributed by atoms with Crippen molar-refractivity contribution in [1.29, 1.82) is 0 Å². The highest BCUT2D eigenvalue weighted by Gasteiger charge is 2.21. The number of benzene rings is 1. The van der Waals surface area contributed by atoms with Crippen molar-refractivity contribution in [3.63, 3.8) is 0 Å². The van der Waals surface area contributed by atoms with Gasteiger partial charge in [0.2, 0.25) is 0 Å². The molecule has 0 saturated heterocycles. The van der Waals surface area contributed by atoms with Gasteiger partial charge in [-0.25, -0.2) is 0 Å². The number of nitrogens with one attached hydrogen (secondary N) is 1. The smallest absolute Gasteiger partial charge is 0.0426 e. The topological polar surface area (TPSA) is 12.0 Å². The van der Waals surface area contributed by atoms with Crippen LogP contribution in [0.5, 0.6) is 0 Å². The maximum absolute atomic E-state index is 3.69. The molecular weight excluding hydrogens is 246 g/mol. The number of thioether (sulfide) groups is 2. The molecule has 17 heavy (non-hydrogen) atoms. The van der Waals surface area contributed by atoms with Crippen LogP contribution < -0.4 is 5.32 Å². The van der Waals surface area contributed by atoms with Crippen LogP contribution in [0.2, 0.25) is 0 Å². The van der Waals surface area contributed by atoms with E-state index in [9.17, 15) is 0 Å². The molecule has 0 amide bonds. The Morgan fingerprint density at radius 1 is 1.29 bits per heavy atom. The number of fused-ring (bicyclic) bond motifs is 1. The molecular formula is C14H21NS2. The van der Waals surface area contributed by atoms with Gasteiger partial charge >= 0.3 is 0 Å². The van der Waals surface area contributed by atoms with Crippen molar-refractivity contribution in [3.05, 3.63) is 29.8 Å². The maximum Gasteiger partial charge on any atom is 0.0426 e. The Morgan fingerprint density at radius 2 is 2.18 bits per heavy atom. The van der Waals surface area contributed by atoms with Crippen molar-refractivity contribution in [2.45, 2.75) is 30.2 Å². The highest BCUT2D eigenvalue weighted by atomic mass is 32.2. The van der Waals surface area contributed by atoms with Crippen LogP contribution in [0.3, 0.4) is 0 Å². The Labute approximate surface area is 113 Å². The fourth-order valence-corrected chi connectivity index (χ4v) is 3.84. The first-order valence-electron chi connectivity index (χ1n) is 6.36. The van der Waals surface area contributed by atoms with Crippen LogP contribution in [0.1, 0.15) is 30.9 Å². The molecule has 1 heterocycles. The SMILES string of the molecule is CSCCCCCNC1CSc2ccccc21. The highest BCUT2D eigenvalue weighted by molar-refractivity contribution is 7.99. The van der Waals surface area contributed by atoms with Gasteiger partial charge in [-0.2, -0.15) is 11.8 Å². The van der Waals surface area contributed by atoms with Crippen LogP contribution in [-0.2, 0) is 0 Å². The van der Waals surface area contributed by atoms with Crippen LogP contribution in [-0.4, -0.2) is 24.3 Å². The number of rotatable bonds is 7. The van der Waals surface area contributed by atoms with E-state index >= 15 is 0 Å². The van der Waals surface area contributed by atoms with Gasteiger partial charge in [0, 0.05) is 16.7 Å². The first-order valence-corrected chi connectivity index (χ1v) is 8.74. The van der Waals surface area contributed by atoms with Crippen molar-refractivity contribution in [2.24, 2.45) is 0 Å². The molecule has 0 bridgehead atoms. The summed E-state index contributed by atoms with van der Waals surface area (Å²) in [6.07, 6.45) is 6.21. The molecule has 1 aromatic carbocycles. The quantitative estimate of drug-likeness (QED) is 0.751. The Kier molecular flexibility index (Phi) is 5.75. The lowest BCUT2D eigenvalue weighted by Gasteiger charge is -2.12. The molecule has 3 heteroatoms. The monoisotopic (exact) mass is 267 g/mol. The van der Waals surface area contributed by atoms with Gasteiger partial charge in [-0.1, -0.05) is 24.6 Å².